The van der Waals surface area contributed by atoms with Crippen molar-refractivity contribution in [2.24, 2.45) is 17.8 Å². The number of nitrogens with one attached hydrogen (secondary N) is 4. The van der Waals surface area contributed by atoms with E-state index in [9.17, 15) is 70.7 Å². The average Bonchev–Trinajstić information content (AvgIpc) is 0.866. The molecule has 1 saturated carbocycles. The molecule has 4 aliphatic rings. The van der Waals surface area contributed by atoms with Gasteiger partial charge in [0, 0.05) is 75.4 Å². The average molecular weight is 1370 g/mol. The van der Waals surface area contributed by atoms with Crippen LogP contribution in [0.25, 0.3) is 0 Å². The Labute approximate surface area is 568 Å². The molecule has 24 nitrogen and oxygen atoms in total. The predicted octanol–water partition coefficient (Wildman–Crippen LogP) is 4.93. The third-order valence-corrected chi connectivity index (χ3v) is 19.9. The van der Waals surface area contributed by atoms with Crippen molar-refractivity contribution in [1.82, 2.24) is 60.5 Å². The molecule has 4 N–H and O–H groups in total. The molecule has 0 spiro atoms. The number of hydrogen-bond donors (Lipinski definition) is 4. The highest BCUT2D eigenvalue weighted by Crippen LogP contribution is 2.36. The molecule has 96 heavy (non-hydrogen) atoms. The zero-order chi connectivity index (χ0) is 71.8. The van der Waals surface area contributed by atoms with Crippen LogP contribution in [-0.4, -0.2) is 240 Å². The number of amides is 12. The second-order valence-corrected chi connectivity index (χ2v) is 27.6. The fraction of sp³-hybridized carbons (Fsp3) is 0.706. The number of alkyl halides is 3. The van der Waals surface area contributed by atoms with Gasteiger partial charge < -0.3 is 60.5 Å². The first kappa shape index (κ1) is 79.4. The van der Waals surface area contributed by atoms with Gasteiger partial charge in [-0.25, -0.2) is 0 Å². The number of carbonyl (C=O) groups excluding carboxylic acids is 12. The second-order valence-electron chi connectivity index (χ2n) is 27.2. The van der Waals surface area contributed by atoms with Crippen LogP contribution in [0.4, 0.5) is 13.2 Å². The molecular weight excluding hydrogens is 1270 g/mol. The fourth-order valence-electron chi connectivity index (χ4n) is 13.1. The molecule has 0 radical (unpaired) electrons. The van der Waals surface area contributed by atoms with Crippen LogP contribution in [-0.2, 0) is 70.1 Å². The minimum absolute atomic E-state index is 0.0248. The van der Waals surface area contributed by atoms with E-state index in [1.54, 1.807) is 13.8 Å². The van der Waals surface area contributed by atoms with Gasteiger partial charge in [-0.05, 0) is 112 Å². The molecule has 12 amide bonds. The number of likely N-dealkylation sites (N-methyl/N-ethyl adjacent to an activating group) is 6. The number of aryl methyl sites for hydroxylation is 1. The van der Waals surface area contributed by atoms with E-state index in [1.165, 1.54) is 91.7 Å². The van der Waals surface area contributed by atoms with Crippen molar-refractivity contribution in [3.05, 3.63) is 46.5 Å². The summed E-state index contributed by atoms with van der Waals surface area (Å²) >= 11 is 6.09. The molecule has 0 unspecified atom stereocenters. The Bertz CT molecular complexity index is 3000. The quantitative estimate of drug-likeness (QED) is 0.203. The van der Waals surface area contributed by atoms with Crippen molar-refractivity contribution >= 4 is 82.5 Å². The van der Waals surface area contributed by atoms with E-state index in [0.717, 1.165) is 54.0 Å². The molecule has 0 aromatic heterocycles. The number of halogens is 4. The normalized spacial score (nSPS) is 26.4. The molecule has 3 heterocycles. The molecule has 3 aliphatic heterocycles. The van der Waals surface area contributed by atoms with Crippen molar-refractivity contribution in [3.63, 3.8) is 0 Å². The van der Waals surface area contributed by atoms with E-state index >= 15 is 0 Å². The molecule has 3 saturated heterocycles. The number of carbonyl (C=O) groups is 12. The molecule has 10 atom stereocenters. The largest absolute Gasteiger partial charge is 0.417 e. The van der Waals surface area contributed by atoms with Gasteiger partial charge in [0.15, 0.2) is 0 Å². The summed E-state index contributed by atoms with van der Waals surface area (Å²) < 4.78 is 41.2. The van der Waals surface area contributed by atoms with Gasteiger partial charge in [-0.1, -0.05) is 97.4 Å². The summed E-state index contributed by atoms with van der Waals surface area (Å²) in [5.41, 5.74) is -0.462. The lowest BCUT2D eigenvalue weighted by atomic mass is 9.84. The highest BCUT2D eigenvalue weighted by molar-refractivity contribution is 6.31. The predicted molar refractivity (Wildman–Crippen MR) is 355 cm³/mol. The van der Waals surface area contributed by atoms with Gasteiger partial charge in [-0.2, -0.15) is 13.2 Å². The van der Waals surface area contributed by atoms with Gasteiger partial charge in [0.1, 0.15) is 54.4 Å². The monoisotopic (exact) mass is 1370 g/mol. The summed E-state index contributed by atoms with van der Waals surface area (Å²) in [7, 11) is 9.98. The highest BCUT2D eigenvalue weighted by Gasteiger charge is 2.47. The molecule has 4 fully saturated rings. The van der Waals surface area contributed by atoms with E-state index in [1.807, 2.05) is 20.8 Å². The van der Waals surface area contributed by atoms with Crippen LogP contribution in [0.1, 0.15) is 162 Å². The highest BCUT2D eigenvalue weighted by atomic mass is 35.5. The van der Waals surface area contributed by atoms with Crippen molar-refractivity contribution < 1.29 is 70.7 Å². The number of rotatable bonds is 12. The summed E-state index contributed by atoms with van der Waals surface area (Å²) in [6.45, 7) is 14.3. The lowest BCUT2D eigenvalue weighted by molar-refractivity contribution is -0.160. The Morgan fingerprint density at radius 2 is 1.35 bits per heavy atom. The third-order valence-electron chi connectivity index (χ3n) is 19.6. The van der Waals surface area contributed by atoms with Gasteiger partial charge in [0.05, 0.1) is 23.6 Å². The van der Waals surface area contributed by atoms with Crippen LogP contribution in [0.3, 0.4) is 0 Å². The third kappa shape index (κ3) is 20.6. The Balaban J connectivity index is 1.52. The number of benzene rings is 1. The molecule has 1 aromatic carbocycles. The van der Waals surface area contributed by atoms with E-state index < -0.39 is 161 Å². The van der Waals surface area contributed by atoms with Crippen LogP contribution >= 0.6 is 11.6 Å². The molecule has 0 bridgehead atoms. The van der Waals surface area contributed by atoms with Gasteiger partial charge >= 0.3 is 6.18 Å². The van der Waals surface area contributed by atoms with Crippen LogP contribution in [0.5, 0.6) is 0 Å². The van der Waals surface area contributed by atoms with Crippen molar-refractivity contribution in [2.45, 2.75) is 218 Å². The van der Waals surface area contributed by atoms with Crippen LogP contribution in [0, 0.1) is 17.8 Å². The van der Waals surface area contributed by atoms with Gasteiger partial charge in [0.2, 0.25) is 70.9 Å². The molecule has 1 aromatic rings. The fourth-order valence-corrected chi connectivity index (χ4v) is 13.4. The maximum atomic E-state index is 14.9. The first-order valence-electron chi connectivity index (χ1n) is 33.9. The van der Waals surface area contributed by atoms with Crippen LogP contribution in [0.15, 0.2) is 30.4 Å². The number of nitrogens with zero attached hydrogens (tertiary/aromatic N) is 8. The standard InChI is InChI=1S/C68H104ClF3N12O12/c1-15-41(5)57-67(96)79(11)43(7)62(91)84-34-31-51(84)66(95)81(13)53(37-44-23-18-17-19-24-44)65(94)78(10)39-54(85)74-48(30-28-45-27-29-46(47(69)36-45)68(70,71)72)64(93)83-33-22-25-50(83)59(88)73-32-21-20-26-55(86)82(14)58(42(6)16-2)61(90)75-49(63(92)77(8)9)38-56(87)80(12)52(35-40(3)4)60(89)76-57/h27,29,36,40,42-44,48-53,57-58H,5,15-26,28,30-35,37-39H2,1-4,6-14H3,(H,73,88)(H,74,85)(H,75,90)(H,76,89)/t42-,43-,48-,49-,50-,51-,52-,53-,57-,58-/m0/s1. The second kappa shape index (κ2) is 35.8. The van der Waals surface area contributed by atoms with Crippen molar-refractivity contribution in [2.75, 3.05) is 75.5 Å². The maximum absolute atomic E-state index is 14.9. The molecular formula is C68H104ClF3N12O12. The number of hydrogen-bond acceptors (Lipinski definition) is 12. The van der Waals surface area contributed by atoms with Crippen molar-refractivity contribution in [3.8, 4) is 0 Å². The topological polar surface area (TPSA) is 279 Å². The maximum Gasteiger partial charge on any atom is 0.417 e. The first-order valence-corrected chi connectivity index (χ1v) is 34.3. The minimum Gasteiger partial charge on any atom is -0.354 e. The summed E-state index contributed by atoms with van der Waals surface area (Å²) in [4.78, 5) is 183. The SMILES string of the molecule is C=C(CC)[C@@H]1NC(=O)[C@H](CC(C)C)N(C)C(=O)C[C@@H](C(=O)N(C)C)NC(=O)[C@H]([C@@H](C)CC)N(C)C(=O)CCCCNC(=O)[C@@H]2CCCN2C(=O)[C@H](CCc2ccc(C(F)(F)F)c(Cl)c2)NC(=O)CN(C)C(=O)[C@H](CC2CCCCC2)N(C)C(=O)[C@@H]2CCN2C(=O)[C@H](C)N(C)C1=O. The molecule has 28 heteroatoms. The smallest absolute Gasteiger partial charge is 0.354 e. The van der Waals surface area contributed by atoms with E-state index in [-0.39, 0.29) is 94.8 Å². The van der Waals surface area contributed by atoms with Crippen molar-refractivity contribution in [1.29, 1.82) is 0 Å². The van der Waals surface area contributed by atoms with Gasteiger partial charge in [0.25, 0.3) is 0 Å². The van der Waals surface area contributed by atoms with E-state index in [4.69, 9.17) is 11.6 Å². The molecule has 5 rings (SSSR count). The summed E-state index contributed by atoms with van der Waals surface area (Å²) in [5.74, 6) is -8.26. The minimum atomic E-state index is -4.74. The molecule has 536 valence electrons. The van der Waals surface area contributed by atoms with Crippen LogP contribution < -0.4 is 21.3 Å². The summed E-state index contributed by atoms with van der Waals surface area (Å²) in [5, 5.41) is 10.6. The number of fused-ring (bicyclic) bond motifs is 2. The lowest BCUT2D eigenvalue weighted by Crippen LogP contribution is -2.64. The Kier molecular flexibility index (Phi) is 29.6. The summed E-state index contributed by atoms with van der Waals surface area (Å²) in [6.07, 6.45) is 1.15. The Morgan fingerprint density at radius 3 is 1.94 bits per heavy atom. The molecule has 1 aliphatic carbocycles. The van der Waals surface area contributed by atoms with E-state index in [0.29, 0.717) is 24.8 Å². The van der Waals surface area contributed by atoms with E-state index in [2.05, 4.69) is 27.8 Å². The van der Waals surface area contributed by atoms with Crippen LogP contribution in [0.2, 0.25) is 5.02 Å². The lowest BCUT2D eigenvalue weighted by Gasteiger charge is -2.45. The Morgan fingerprint density at radius 1 is 0.698 bits per heavy atom. The first-order chi connectivity index (χ1) is 45.1. The van der Waals surface area contributed by atoms with Gasteiger partial charge in [-0.15, -0.1) is 0 Å². The Hall–Kier alpha value is -7.32. The zero-order valence-corrected chi connectivity index (χ0v) is 59.2. The zero-order valence-electron chi connectivity index (χ0n) is 58.4. The van der Waals surface area contributed by atoms with Gasteiger partial charge in [-0.3, -0.25) is 57.5 Å². The summed E-state index contributed by atoms with van der Waals surface area (Å²) in [6, 6.07) is -7.74.